The van der Waals surface area contributed by atoms with Crippen molar-refractivity contribution in [1.29, 1.82) is 0 Å². The molecule has 0 saturated carbocycles. The third kappa shape index (κ3) is 4.35. The predicted octanol–water partition coefficient (Wildman–Crippen LogP) is 1.32. The van der Waals surface area contributed by atoms with Crippen LogP contribution in [0, 0.1) is 6.92 Å². The van der Waals surface area contributed by atoms with Gasteiger partial charge in [-0.2, -0.15) is 9.40 Å². The topological polar surface area (TPSA) is 93.0 Å². The first-order valence-electron chi connectivity index (χ1n) is 8.44. The first-order valence-corrected chi connectivity index (χ1v) is 10.3. The maximum Gasteiger partial charge on any atom is 0.211 e. The van der Waals surface area contributed by atoms with Crippen molar-refractivity contribution in [3.8, 4) is 0 Å². The van der Waals surface area contributed by atoms with Crippen LogP contribution >= 0.6 is 0 Å². The Bertz CT molecular complexity index is 862. The standard InChI is InChI=1S/C16H24N6O2S/c1-4-5-15-18-12(2)8-16(19-15)17-10-13-9-14-11-21(25(3,23)24)6-7-22(14)20-13/h8-9H,4-7,10-11H2,1-3H3,(H,17,18,19). The van der Waals surface area contributed by atoms with E-state index in [0.717, 1.165) is 41.6 Å². The maximum atomic E-state index is 11.7. The first kappa shape index (κ1) is 17.8. The first-order chi connectivity index (χ1) is 11.8. The van der Waals surface area contributed by atoms with Crippen molar-refractivity contribution in [2.75, 3.05) is 18.1 Å². The monoisotopic (exact) mass is 364 g/mol. The quantitative estimate of drug-likeness (QED) is 0.831. The Morgan fingerprint density at radius 1 is 1.24 bits per heavy atom. The van der Waals surface area contributed by atoms with E-state index in [1.807, 2.05) is 23.7 Å². The van der Waals surface area contributed by atoms with Gasteiger partial charge in [-0.25, -0.2) is 18.4 Å². The molecule has 3 heterocycles. The number of hydrogen-bond acceptors (Lipinski definition) is 6. The number of aryl methyl sites for hydroxylation is 2. The molecule has 0 spiro atoms. The van der Waals surface area contributed by atoms with Gasteiger partial charge < -0.3 is 5.32 Å². The van der Waals surface area contributed by atoms with Gasteiger partial charge in [0, 0.05) is 24.7 Å². The van der Waals surface area contributed by atoms with E-state index in [9.17, 15) is 8.42 Å². The van der Waals surface area contributed by atoms with E-state index in [0.29, 0.717) is 26.2 Å². The molecule has 25 heavy (non-hydrogen) atoms. The summed E-state index contributed by atoms with van der Waals surface area (Å²) in [6.45, 7) is 6.02. The van der Waals surface area contributed by atoms with E-state index in [4.69, 9.17) is 0 Å². The van der Waals surface area contributed by atoms with Crippen molar-refractivity contribution in [3.05, 3.63) is 35.0 Å². The summed E-state index contributed by atoms with van der Waals surface area (Å²) in [5, 5.41) is 7.85. The van der Waals surface area contributed by atoms with Crippen LogP contribution in [0.1, 0.15) is 36.3 Å². The smallest absolute Gasteiger partial charge is 0.211 e. The number of nitrogens with one attached hydrogen (secondary N) is 1. The van der Waals surface area contributed by atoms with Crippen molar-refractivity contribution in [2.24, 2.45) is 0 Å². The number of rotatable bonds is 6. The van der Waals surface area contributed by atoms with Crippen LogP contribution in [0.3, 0.4) is 0 Å². The predicted molar refractivity (Wildman–Crippen MR) is 95.6 cm³/mol. The Balaban J connectivity index is 1.69. The van der Waals surface area contributed by atoms with Gasteiger partial charge in [-0.3, -0.25) is 4.68 Å². The fourth-order valence-electron chi connectivity index (χ4n) is 2.91. The van der Waals surface area contributed by atoms with Crippen LogP contribution in [0.15, 0.2) is 12.1 Å². The number of hydrogen-bond donors (Lipinski definition) is 1. The molecule has 0 amide bonds. The normalized spacial score (nSPS) is 15.2. The van der Waals surface area contributed by atoms with Crippen LogP contribution in [0.5, 0.6) is 0 Å². The molecule has 0 aliphatic carbocycles. The van der Waals surface area contributed by atoms with Crippen molar-refractivity contribution in [1.82, 2.24) is 24.1 Å². The Kier molecular flexibility index (Phi) is 5.05. The summed E-state index contributed by atoms with van der Waals surface area (Å²) in [7, 11) is -3.17. The lowest BCUT2D eigenvalue weighted by molar-refractivity contribution is 0.328. The summed E-state index contributed by atoms with van der Waals surface area (Å²) in [6, 6.07) is 3.87. The zero-order valence-corrected chi connectivity index (χ0v) is 15.7. The molecular formula is C16H24N6O2S. The summed E-state index contributed by atoms with van der Waals surface area (Å²) >= 11 is 0. The van der Waals surface area contributed by atoms with Gasteiger partial charge in [0.2, 0.25) is 10.0 Å². The van der Waals surface area contributed by atoms with Gasteiger partial charge in [0.1, 0.15) is 11.6 Å². The molecule has 2 aromatic heterocycles. The lowest BCUT2D eigenvalue weighted by atomic mass is 10.3. The largest absolute Gasteiger partial charge is 0.364 e. The van der Waals surface area contributed by atoms with E-state index in [2.05, 4.69) is 27.3 Å². The Morgan fingerprint density at radius 3 is 2.76 bits per heavy atom. The SMILES string of the molecule is CCCc1nc(C)cc(NCc2cc3n(n2)CCN(S(C)(=O)=O)C3)n1. The maximum absolute atomic E-state index is 11.7. The van der Waals surface area contributed by atoms with Crippen molar-refractivity contribution < 1.29 is 8.42 Å². The summed E-state index contributed by atoms with van der Waals surface area (Å²) in [6.07, 6.45) is 3.11. The minimum Gasteiger partial charge on any atom is -0.364 e. The number of nitrogens with zero attached hydrogens (tertiary/aromatic N) is 5. The molecular weight excluding hydrogens is 340 g/mol. The Morgan fingerprint density at radius 2 is 2.04 bits per heavy atom. The minimum absolute atomic E-state index is 0.374. The third-order valence-electron chi connectivity index (χ3n) is 4.11. The van der Waals surface area contributed by atoms with Crippen LogP contribution in [0.25, 0.3) is 0 Å². The van der Waals surface area contributed by atoms with E-state index in [-0.39, 0.29) is 0 Å². The Labute approximate surface area is 148 Å². The van der Waals surface area contributed by atoms with Crippen molar-refractivity contribution in [3.63, 3.8) is 0 Å². The highest BCUT2D eigenvalue weighted by atomic mass is 32.2. The molecule has 0 radical (unpaired) electrons. The highest BCUT2D eigenvalue weighted by Gasteiger charge is 2.24. The molecule has 0 aromatic carbocycles. The van der Waals surface area contributed by atoms with Crippen LogP contribution < -0.4 is 5.32 Å². The molecule has 8 nitrogen and oxygen atoms in total. The second-order valence-electron chi connectivity index (χ2n) is 6.36. The molecule has 0 saturated heterocycles. The van der Waals surface area contributed by atoms with Crippen LogP contribution in [0.2, 0.25) is 0 Å². The van der Waals surface area contributed by atoms with Crippen LogP contribution in [-0.2, 0) is 36.1 Å². The van der Waals surface area contributed by atoms with Gasteiger partial charge in [-0.05, 0) is 19.4 Å². The average molecular weight is 364 g/mol. The lowest BCUT2D eigenvalue weighted by Gasteiger charge is -2.25. The number of sulfonamides is 1. The molecule has 3 rings (SSSR count). The molecule has 2 aromatic rings. The fourth-order valence-corrected chi connectivity index (χ4v) is 3.69. The van der Waals surface area contributed by atoms with Gasteiger partial charge in [-0.15, -0.1) is 0 Å². The molecule has 1 aliphatic heterocycles. The van der Waals surface area contributed by atoms with Crippen molar-refractivity contribution in [2.45, 2.75) is 46.3 Å². The third-order valence-corrected chi connectivity index (χ3v) is 5.36. The fraction of sp³-hybridized carbons (Fsp3) is 0.562. The minimum atomic E-state index is -3.17. The van der Waals surface area contributed by atoms with Gasteiger partial charge in [-0.1, -0.05) is 6.92 Å². The number of anilines is 1. The van der Waals surface area contributed by atoms with Gasteiger partial charge in [0.05, 0.1) is 37.3 Å². The van der Waals surface area contributed by atoms with Crippen LogP contribution in [-0.4, -0.2) is 45.3 Å². The van der Waals surface area contributed by atoms with E-state index >= 15 is 0 Å². The van der Waals surface area contributed by atoms with Crippen molar-refractivity contribution >= 4 is 15.8 Å². The van der Waals surface area contributed by atoms with E-state index in [1.54, 1.807) is 0 Å². The number of aromatic nitrogens is 4. The summed E-state index contributed by atoms with van der Waals surface area (Å²) in [5.74, 6) is 1.64. The van der Waals surface area contributed by atoms with E-state index < -0.39 is 10.0 Å². The molecule has 0 unspecified atom stereocenters. The number of fused-ring (bicyclic) bond motifs is 1. The lowest BCUT2D eigenvalue weighted by Crippen LogP contribution is -2.37. The zero-order valence-electron chi connectivity index (χ0n) is 14.9. The summed E-state index contributed by atoms with van der Waals surface area (Å²) in [5.41, 5.74) is 2.73. The molecule has 0 fully saturated rings. The van der Waals surface area contributed by atoms with E-state index in [1.165, 1.54) is 10.6 Å². The molecule has 1 aliphatic rings. The summed E-state index contributed by atoms with van der Waals surface area (Å²) < 4.78 is 26.8. The molecule has 0 bridgehead atoms. The Hall–Kier alpha value is -2.00. The van der Waals surface area contributed by atoms with Gasteiger partial charge in [0.25, 0.3) is 0 Å². The molecule has 136 valence electrons. The molecule has 1 N–H and O–H groups in total. The summed E-state index contributed by atoms with van der Waals surface area (Å²) in [4.78, 5) is 8.95. The molecule has 0 atom stereocenters. The van der Waals surface area contributed by atoms with Gasteiger partial charge in [0.15, 0.2) is 0 Å². The zero-order chi connectivity index (χ0) is 18.0. The highest BCUT2D eigenvalue weighted by molar-refractivity contribution is 7.88. The van der Waals surface area contributed by atoms with Gasteiger partial charge >= 0.3 is 0 Å². The highest BCUT2D eigenvalue weighted by Crippen LogP contribution is 2.17. The second-order valence-corrected chi connectivity index (χ2v) is 8.34. The van der Waals surface area contributed by atoms with Crippen LogP contribution in [0.4, 0.5) is 5.82 Å². The second kappa shape index (κ2) is 7.09. The molecule has 9 heteroatoms. The average Bonchev–Trinajstić information content (AvgIpc) is 2.94.